The Bertz CT molecular complexity index is 508. The van der Waals surface area contributed by atoms with Crippen LogP contribution in [-0.2, 0) is 4.74 Å². The number of rotatable bonds is 3. The van der Waals surface area contributed by atoms with Gasteiger partial charge in [-0.05, 0) is 24.3 Å². The smallest absolute Gasteiger partial charge is 0.337 e. The number of hydrogen-bond donors (Lipinski definition) is 2. The first-order valence-electron chi connectivity index (χ1n) is 4.62. The lowest BCUT2D eigenvalue weighted by molar-refractivity contribution is 0.0601. The molecular formula is C8H10N3O3P3. The third-order valence-corrected chi connectivity index (χ3v) is 5.30. The summed E-state index contributed by atoms with van der Waals surface area (Å²) >= 11 is 0. The number of methoxy groups -OCH3 is 1. The summed E-state index contributed by atoms with van der Waals surface area (Å²) in [5, 5.41) is 0. The number of carbonyl (C=O) groups excluding carboxylic acids is 1. The first-order valence-corrected chi connectivity index (χ1v) is 7.68. The van der Waals surface area contributed by atoms with Gasteiger partial charge in [-0.3, -0.25) is 4.51 Å². The normalized spacial score (nSPS) is 11.7. The number of benzene rings is 1. The summed E-state index contributed by atoms with van der Waals surface area (Å²) in [4.78, 5) is 11.2. The van der Waals surface area contributed by atoms with E-state index in [1.807, 2.05) is 0 Å². The van der Waals surface area contributed by atoms with Gasteiger partial charge in [0.15, 0.2) is 0 Å². The van der Waals surface area contributed by atoms with Crippen LogP contribution in [0.15, 0.2) is 24.3 Å². The molecule has 0 radical (unpaired) electrons. The van der Waals surface area contributed by atoms with E-state index < -0.39 is 8.08 Å². The lowest BCUT2D eigenvalue weighted by atomic mass is 10.2. The van der Waals surface area contributed by atoms with E-state index in [1.54, 1.807) is 24.3 Å². The fourth-order valence-electron chi connectivity index (χ4n) is 1.09. The Labute approximate surface area is 102 Å². The molecule has 90 valence electrons. The number of nitrogens with one attached hydrogen (secondary N) is 2. The molecular weight excluding hydrogens is 279 g/mol. The quantitative estimate of drug-likeness (QED) is 0.851. The van der Waals surface area contributed by atoms with Crippen LogP contribution in [0, 0.1) is 0 Å². The fourth-order valence-corrected chi connectivity index (χ4v) is 4.46. The zero-order chi connectivity index (χ0) is 12.1. The van der Waals surface area contributed by atoms with E-state index in [1.165, 1.54) is 7.11 Å². The molecule has 1 heterocycles. The summed E-state index contributed by atoms with van der Waals surface area (Å²) < 4.78 is 20.6. The van der Waals surface area contributed by atoms with Gasteiger partial charge in [-0.15, -0.1) is 4.51 Å². The van der Waals surface area contributed by atoms with Gasteiger partial charge in [0.1, 0.15) is 14.3 Å². The topological polar surface area (TPSA) is 80.0 Å². The minimum absolute atomic E-state index is 0.355. The van der Waals surface area contributed by atoms with Crippen LogP contribution in [0.4, 0.5) is 0 Å². The number of nitrogens with zero attached hydrogens (tertiary/aromatic N) is 1. The number of aromatic nitrogens is 3. The van der Waals surface area contributed by atoms with Crippen molar-refractivity contribution < 1.29 is 14.1 Å². The molecule has 0 saturated heterocycles. The number of H-pyrrole nitrogens is 2. The molecule has 17 heavy (non-hydrogen) atoms. The molecule has 0 fully saturated rings. The predicted molar refractivity (Wildman–Crippen MR) is 69.1 cm³/mol. The molecule has 0 aliphatic rings. The van der Waals surface area contributed by atoms with Crippen molar-refractivity contribution in [2.75, 3.05) is 7.11 Å². The summed E-state index contributed by atoms with van der Waals surface area (Å²) in [6, 6.07) is 6.79. The molecule has 1 aromatic carbocycles. The third kappa shape index (κ3) is 3.37. The minimum Gasteiger partial charge on any atom is -0.465 e. The van der Waals surface area contributed by atoms with Gasteiger partial charge in [-0.1, -0.05) is 0 Å². The lowest BCUT2D eigenvalue weighted by Gasteiger charge is -2.04. The average molecular weight is 289 g/mol. The lowest BCUT2D eigenvalue weighted by Crippen LogP contribution is -2.00. The summed E-state index contributed by atoms with van der Waals surface area (Å²) in [5.74, 6) is 0.328. The maximum atomic E-state index is 11.2. The van der Waals surface area contributed by atoms with Crippen molar-refractivity contribution in [2.45, 2.75) is 0 Å². The molecule has 2 aromatic rings. The van der Waals surface area contributed by atoms with Crippen molar-refractivity contribution in [1.29, 1.82) is 0 Å². The predicted octanol–water partition coefficient (Wildman–Crippen LogP) is 3.09. The highest BCUT2D eigenvalue weighted by molar-refractivity contribution is 7.50. The molecule has 0 aliphatic heterocycles. The van der Waals surface area contributed by atoms with Crippen LogP contribution in [0.3, 0.4) is 0 Å². The van der Waals surface area contributed by atoms with Crippen LogP contribution in [0.5, 0.6) is 5.75 Å². The standard InChI is InChI=1S/C8H10N3O3P3/c1-13-8(12)6-2-4-7(5-3-6)14-17-10-15-9-16-11-17/h2-5,10,15H,1H3,(H,9,11). The molecule has 9 heteroatoms. The van der Waals surface area contributed by atoms with Gasteiger partial charge in [-0.25, -0.2) is 4.79 Å². The van der Waals surface area contributed by atoms with E-state index in [0.717, 1.165) is 8.51 Å². The zero-order valence-corrected chi connectivity index (χ0v) is 11.7. The van der Waals surface area contributed by atoms with E-state index in [4.69, 9.17) is 4.52 Å². The molecule has 1 aromatic heterocycles. The molecule has 0 spiro atoms. The van der Waals surface area contributed by atoms with Gasteiger partial charge >= 0.3 is 5.97 Å². The molecule has 6 nitrogen and oxygen atoms in total. The Morgan fingerprint density at radius 3 is 2.82 bits per heavy atom. The molecule has 2 N–H and O–H groups in total. The largest absolute Gasteiger partial charge is 0.465 e. The number of hydrogen-bond acceptors (Lipinski definition) is 4. The molecule has 2 atom stereocenters. The molecule has 0 aliphatic carbocycles. The monoisotopic (exact) mass is 289 g/mol. The summed E-state index contributed by atoms with van der Waals surface area (Å²) in [6.45, 7) is 0. The number of ether oxygens (including phenoxy) is 1. The Morgan fingerprint density at radius 2 is 2.24 bits per heavy atom. The minimum atomic E-state index is -0.980. The van der Waals surface area contributed by atoms with Crippen LogP contribution in [0.1, 0.15) is 10.4 Å². The second-order valence-corrected chi connectivity index (χ2v) is 6.60. The van der Waals surface area contributed by atoms with Gasteiger partial charge < -0.3 is 13.8 Å². The van der Waals surface area contributed by atoms with Crippen molar-refractivity contribution in [3.63, 3.8) is 0 Å². The van der Waals surface area contributed by atoms with Crippen LogP contribution < -0.4 is 4.52 Å². The number of carbonyl (C=O) groups is 1. The summed E-state index contributed by atoms with van der Waals surface area (Å²) in [5.41, 5.74) is 0.503. The third-order valence-electron chi connectivity index (χ3n) is 1.85. The van der Waals surface area contributed by atoms with Gasteiger partial charge in [0.2, 0.25) is 0 Å². The van der Waals surface area contributed by atoms with Crippen LogP contribution in [-0.4, -0.2) is 26.6 Å². The Hall–Kier alpha value is -1.21. The van der Waals surface area contributed by atoms with Crippen LogP contribution in [0.25, 0.3) is 0 Å². The summed E-state index contributed by atoms with van der Waals surface area (Å²) in [6.07, 6.45) is 0. The zero-order valence-electron chi connectivity index (χ0n) is 8.88. The van der Waals surface area contributed by atoms with Crippen LogP contribution in [0.2, 0.25) is 0 Å². The van der Waals surface area contributed by atoms with Crippen LogP contribution >= 0.6 is 25.1 Å². The van der Waals surface area contributed by atoms with Crippen molar-refractivity contribution >= 4 is 31.1 Å². The Kier molecular flexibility index (Phi) is 4.27. The maximum Gasteiger partial charge on any atom is 0.337 e. The van der Waals surface area contributed by atoms with Crippen molar-refractivity contribution in [2.24, 2.45) is 0 Å². The molecule has 2 rings (SSSR count). The van der Waals surface area contributed by atoms with E-state index >= 15 is 0 Å². The highest BCUT2D eigenvalue weighted by atomic mass is 31.2. The Morgan fingerprint density at radius 1 is 1.47 bits per heavy atom. The SMILES string of the molecule is COC(=O)c1ccc(Op2np[nH][pH][nH]2)cc1. The van der Waals surface area contributed by atoms with Gasteiger partial charge in [0.25, 0.3) is 8.08 Å². The van der Waals surface area contributed by atoms with E-state index in [2.05, 4.69) is 18.3 Å². The van der Waals surface area contributed by atoms with E-state index in [-0.39, 0.29) is 5.97 Å². The highest BCUT2D eigenvalue weighted by Gasteiger charge is 2.05. The molecule has 2 unspecified atom stereocenters. The van der Waals surface area contributed by atoms with E-state index in [0.29, 0.717) is 19.8 Å². The van der Waals surface area contributed by atoms with Gasteiger partial charge in [-0.2, -0.15) is 0 Å². The van der Waals surface area contributed by atoms with Gasteiger partial charge in [0.05, 0.1) is 12.7 Å². The molecule has 0 amide bonds. The van der Waals surface area contributed by atoms with Gasteiger partial charge in [0, 0.05) is 8.51 Å². The Balaban J connectivity index is 2.11. The average Bonchev–Trinajstić information content (AvgIpc) is 2.40. The molecule has 0 saturated carbocycles. The fraction of sp³-hybridized carbons (Fsp3) is 0.125. The first-order chi connectivity index (χ1) is 8.29. The second kappa shape index (κ2) is 5.92. The number of aromatic amines is 2. The van der Waals surface area contributed by atoms with Crippen molar-refractivity contribution in [3.8, 4) is 5.75 Å². The van der Waals surface area contributed by atoms with Crippen molar-refractivity contribution in [3.05, 3.63) is 29.8 Å². The first kappa shape index (κ1) is 12.3. The van der Waals surface area contributed by atoms with Crippen molar-refractivity contribution in [1.82, 2.24) is 13.5 Å². The molecule has 0 bridgehead atoms. The maximum absolute atomic E-state index is 11.2. The highest BCUT2D eigenvalue weighted by Crippen LogP contribution is 2.26. The summed E-state index contributed by atoms with van der Waals surface area (Å²) in [7, 11) is 1.66. The second-order valence-electron chi connectivity index (χ2n) is 2.92. The number of esters is 1. The van der Waals surface area contributed by atoms with E-state index in [9.17, 15) is 4.79 Å².